The van der Waals surface area contributed by atoms with Crippen LogP contribution in [0, 0.1) is 0 Å². The molecule has 104 valence electrons. The molecule has 0 aliphatic rings. The van der Waals surface area contributed by atoms with E-state index in [0.717, 1.165) is 0 Å². The Hall–Kier alpha value is -2.24. The Kier molecular flexibility index (Phi) is 5.17. The Balaban J connectivity index is 2.84. The number of nitrogens with two attached hydrogens (primary N) is 1. The van der Waals surface area contributed by atoms with E-state index in [2.05, 4.69) is 5.32 Å². The molecule has 1 unspecified atom stereocenters. The molecule has 1 aromatic carbocycles. The van der Waals surface area contributed by atoms with Crippen LogP contribution < -0.4 is 15.8 Å². The van der Waals surface area contributed by atoms with Crippen LogP contribution in [0.1, 0.15) is 24.2 Å². The third kappa shape index (κ3) is 3.61. The summed E-state index contributed by atoms with van der Waals surface area (Å²) in [5.41, 5.74) is 6.22. The average Bonchev–Trinajstić information content (AvgIpc) is 2.38. The van der Waals surface area contributed by atoms with Gasteiger partial charge in [0.15, 0.2) is 11.9 Å². The van der Waals surface area contributed by atoms with Gasteiger partial charge in [-0.15, -0.1) is 0 Å². The molecule has 19 heavy (non-hydrogen) atoms. The van der Waals surface area contributed by atoms with Crippen molar-refractivity contribution in [2.75, 3.05) is 19.4 Å². The Labute approximate surface area is 111 Å². The number of carbonyl (C=O) groups is 2. The Morgan fingerprint density at radius 3 is 2.68 bits per heavy atom. The van der Waals surface area contributed by atoms with Gasteiger partial charge in [0.2, 0.25) is 0 Å². The van der Waals surface area contributed by atoms with Gasteiger partial charge in [0, 0.05) is 6.54 Å². The first-order valence-electron chi connectivity index (χ1n) is 5.92. The van der Waals surface area contributed by atoms with E-state index in [0.29, 0.717) is 12.2 Å². The van der Waals surface area contributed by atoms with Gasteiger partial charge in [-0.25, -0.2) is 4.79 Å². The zero-order chi connectivity index (χ0) is 14.4. The van der Waals surface area contributed by atoms with Crippen molar-refractivity contribution in [3.05, 3.63) is 23.8 Å². The maximum absolute atomic E-state index is 12.0. The molecule has 6 heteroatoms. The Bertz CT molecular complexity index is 474. The molecule has 0 saturated carbocycles. The lowest BCUT2D eigenvalue weighted by atomic mass is 10.1. The summed E-state index contributed by atoms with van der Waals surface area (Å²) >= 11 is 0. The largest absolute Gasteiger partial charge is 0.494 e. The number of ether oxygens (including phenoxy) is 2. The Morgan fingerprint density at radius 1 is 1.42 bits per heavy atom. The molecule has 1 atom stereocenters. The molecular formula is C13H18N2O4. The normalized spacial score (nSPS) is 11.5. The van der Waals surface area contributed by atoms with Crippen LogP contribution in [0.25, 0.3) is 0 Å². The first kappa shape index (κ1) is 14.8. The van der Waals surface area contributed by atoms with Crippen LogP contribution >= 0.6 is 0 Å². The summed E-state index contributed by atoms with van der Waals surface area (Å²) in [5.74, 6) is -0.753. The topological polar surface area (TPSA) is 90.7 Å². The standard InChI is InChI=1S/C13H18N2O4/c1-4-15-12(16)8(2)19-13(17)9-6-5-7-10(14)11(9)18-3/h5-8H,4,14H2,1-3H3,(H,15,16). The van der Waals surface area contributed by atoms with Crippen molar-refractivity contribution in [3.63, 3.8) is 0 Å². The fourth-order valence-corrected chi connectivity index (χ4v) is 1.54. The lowest BCUT2D eigenvalue weighted by Crippen LogP contribution is -2.35. The van der Waals surface area contributed by atoms with Gasteiger partial charge in [-0.3, -0.25) is 4.79 Å². The maximum Gasteiger partial charge on any atom is 0.342 e. The summed E-state index contributed by atoms with van der Waals surface area (Å²) in [6.45, 7) is 3.76. The van der Waals surface area contributed by atoms with Gasteiger partial charge in [-0.2, -0.15) is 0 Å². The summed E-state index contributed by atoms with van der Waals surface area (Å²) in [6.07, 6.45) is -0.876. The van der Waals surface area contributed by atoms with E-state index in [4.69, 9.17) is 15.2 Å². The monoisotopic (exact) mass is 266 g/mol. The van der Waals surface area contributed by atoms with Crippen molar-refractivity contribution in [2.45, 2.75) is 20.0 Å². The van der Waals surface area contributed by atoms with E-state index in [-0.39, 0.29) is 17.2 Å². The predicted octanol–water partition coefficient (Wildman–Crippen LogP) is 0.959. The van der Waals surface area contributed by atoms with Crippen LogP contribution in [-0.4, -0.2) is 31.6 Å². The van der Waals surface area contributed by atoms with Crippen LogP contribution in [0.15, 0.2) is 18.2 Å². The van der Waals surface area contributed by atoms with Crippen LogP contribution in [0.5, 0.6) is 5.75 Å². The summed E-state index contributed by atoms with van der Waals surface area (Å²) in [4.78, 5) is 23.4. The molecular weight excluding hydrogens is 248 g/mol. The number of esters is 1. The fraction of sp³-hybridized carbons (Fsp3) is 0.385. The smallest absolute Gasteiger partial charge is 0.342 e. The van der Waals surface area contributed by atoms with Gasteiger partial charge in [-0.05, 0) is 26.0 Å². The van der Waals surface area contributed by atoms with Crippen LogP contribution in [0.3, 0.4) is 0 Å². The molecule has 0 heterocycles. The lowest BCUT2D eigenvalue weighted by Gasteiger charge is -2.14. The second kappa shape index (κ2) is 6.63. The molecule has 0 aromatic heterocycles. The van der Waals surface area contributed by atoms with E-state index in [9.17, 15) is 9.59 Å². The number of nitrogen functional groups attached to an aromatic ring is 1. The molecule has 0 fully saturated rings. The molecule has 0 spiro atoms. The summed E-state index contributed by atoms with van der Waals surface area (Å²) in [6, 6.07) is 4.76. The second-order valence-corrected chi connectivity index (χ2v) is 3.87. The SMILES string of the molecule is CCNC(=O)C(C)OC(=O)c1cccc(N)c1OC. The first-order chi connectivity index (χ1) is 9.01. The molecule has 0 saturated heterocycles. The van der Waals surface area contributed by atoms with Gasteiger partial charge < -0.3 is 20.5 Å². The van der Waals surface area contributed by atoms with Crippen LogP contribution in [0.4, 0.5) is 5.69 Å². The number of nitrogens with one attached hydrogen (secondary N) is 1. The number of anilines is 1. The molecule has 6 nitrogen and oxygen atoms in total. The first-order valence-corrected chi connectivity index (χ1v) is 5.92. The molecule has 0 bridgehead atoms. The number of benzene rings is 1. The van der Waals surface area contributed by atoms with E-state index in [1.807, 2.05) is 0 Å². The summed E-state index contributed by atoms with van der Waals surface area (Å²) in [5, 5.41) is 2.57. The Morgan fingerprint density at radius 2 is 2.11 bits per heavy atom. The minimum absolute atomic E-state index is 0.193. The fourth-order valence-electron chi connectivity index (χ4n) is 1.54. The highest BCUT2D eigenvalue weighted by molar-refractivity contribution is 5.96. The molecule has 1 aromatic rings. The number of hydrogen-bond acceptors (Lipinski definition) is 5. The number of rotatable bonds is 5. The van der Waals surface area contributed by atoms with Gasteiger partial charge in [0.05, 0.1) is 12.8 Å². The van der Waals surface area contributed by atoms with Crippen molar-refractivity contribution in [1.82, 2.24) is 5.32 Å². The quantitative estimate of drug-likeness (QED) is 0.612. The maximum atomic E-state index is 12.0. The van der Waals surface area contributed by atoms with E-state index >= 15 is 0 Å². The van der Waals surface area contributed by atoms with Crippen molar-refractivity contribution in [3.8, 4) is 5.75 Å². The minimum atomic E-state index is -0.876. The van der Waals surface area contributed by atoms with E-state index in [1.165, 1.54) is 20.1 Å². The molecule has 0 aliphatic carbocycles. The number of hydrogen-bond donors (Lipinski definition) is 2. The van der Waals surface area contributed by atoms with Crippen molar-refractivity contribution < 1.29 is 19.1 Å². The predicted molar refractivity (Wildman–Crippen MR) is 71.0 cm³/mol. The zero-order valence-electron chi connectivity index (χ0n) is 11.2. The van der Waals surface area contributed by atoms with Crippen LogP contribution in [-0.2, 0) is 9.53 Å². The van der Waals surface area contributed by atoms with Gasteiger partial charge in [0.1, 0.15) is 5.56 Å². The molecule has 0 aliphatic heterocycles. The summed E-state index contributed by atoms with van der Waals surface area (Å²) in [7, 11) is 1.41. The number of methoxy groups -OCH3 is 1. The molecule has 3 N–H and O–H groups in total. The molecule has 1 amide bonds. The van der Waals surface area contributed by atoms with Gasteiger partial charge in [-0.1, -0.05) is 6.07 Å². The zero-order valence-corrected chi connectivity index (χ0v) is 11.2. The number of carbonyl (C=O) groups excluding carboxylic acids is 2. The second-order valence-electron chi connectivity index (χ2n) is 3.87. The summed E-state index contributed by atoms with van der Waals surface area (Å²) < 4.78 is 10.1. The highest BCUT2D eigenvalue weighted by Gasteiger charge is 2.21. The molecule has 0 radical (unpaired) electrons. The highest BCUT2D eigenvalue weighted by Crippen LogP contribution is 2.26. The number of para-hydroxylation sites is 1. The average molecular weight is 266 g/mol. The van der Waals surface area contributed by atoms with Crippen molar-refractivity contribution in [2.24, 2.45) is 0 Å². The van der Waals surface area contributed by atoms with Crippen molar-refractivity contribution >= 4 is 17.6 Å². The third-order valence-electron chi connectivity index (χ3n) is 2.47. The highest BCUT2D eigenvalue weighted by atomic mass is 16.5. The lowest BCUT2D eigenvalue weighted by molar-refractivity contribution is -0.128. The number of amides is 1. The van der Waals surface area contributed by atoms with Gasteiger partial charge in [0.25, 0.3) is 5.91 Å². The third-order valence-corrected chi connectivity index (χ3v) is 2.47. The van der Waals surface area contributed by atoms with Crippen LogP contribution in [0.2, 0.25) is 0 Å². The van der Waals surface area contributed by atoms with Gasteiger partial charge >= 0.3 is 5.97 Å². The molecule has 1 rings (SSSR count). The van der Waals surface area contributed by atoms with Crippen molar-refractivity contribution in [1.29, 1.82) is 0 Å². The van der Waals surface area contributed by atoms with E-state index < -0.39 is 12.1 Å². The number of likely N-dealkylation sites (N-methyl/N-ethyl adjacent to an activating group) is 1. The minimum Gasteiger partial charge on any atom is -0.494 e. The van der Waals surface area contributed by atoms with E-state index in [1.54, 1.807) is 19.1 Å².